The van der Waals surface area contributed by atoms with Crippen LogP contribution < -0.4 is 5.32 Å². The summed E-state index contributed by atoms with van der Waals surface area (Å²) in [4.78, 5) is 12.4. The molecule has 0 radical (unpaired) electrons. The molecular formula is C18H18N6O4S. The number of aromatic nitrogens is 5. The van der Waals surface area contributed by atoms with E-state index in [4.69, 9.17) is 9.47 Å². The zero-order valence-electron chi connectivity index (χ0n) is 15.2. The van der Waals surface area contributed by atoms with Crippen LogP contribution in [0.4, 0.5) is 0 Å². The lowest BCUT2D eigenvalue weighted by molar-refractivity contribution is 0.0169. The van der Waals surface area contributed by atoms with Gasteiger partial charge in [0.2, 0.25) is 0 Å². The molecule has 0 spiro atoms. The number of amides is 1. The van der Waals surface area contributed by atoms with Gasteiger partial charge in [0.15, 0.2) is 5.69 Å². The Morgan fingerprint density at radius 3 is 2.86 bits per heavy atom. The third kappa shape index (κ3) is 3.53. The van der Waals surface area contributed by atoms with Crippen LogP contribution in [-0.4, -0.2) is 67.7 Å². The lowest BCUT2D eigenvalue weighted by Crippen LogP contribution is -2.30. The molecule has 0 unspecified atom stereocenters. The molecule has 11 heteroatoms. The van der Waals surface area contributed by atoms with Crippen molar-refractivity contribution < 1.29 is 19.4 Å². The number of hydrogen-bond acceptors (Lipinski definition) is 9. The molecule has 3 aromatic rings. The molecule has 2 fully saturated rings. The number of hydrogen-bond donors (Lipinski definition) is 2. The number of nitrogens with zero attached hydrogens (tertiary/aromatic N) is 5. The third-order valence-corrected chi connectivity index (χ3v) is 5.94. The van der Waals surface area contributed by atoms with E-state index in [2.05, 4.69) is 25.8 Å². The van der Waals surface area contributed by atoms with Gasteiger partial charge in [0.25, 0.3) is 5.91 Å². The van der Waals surface area contributed by atoms with E-state index in [9.17, 15) is 9.90 Å². The van der Waals surface area contributed by atoms with Gasteiger partial charge in [-0.2, -0.15) is 0 Å². The number of fused-ring (bicyclic) bond motifs is 1. The van der Waals surface area contributed by atoms with Crippen LogP contribution in [0.15, 0.2) is 36.5 Å². The van der Waals surface area contributed by atoms with Gasteiger partial charge in [-0.05, 0) is 0 Å². The monoisotopic (exact) mass is 414 g/mol. The molecule has 10 nitrogen and oxygen atoms in total. The molecule has 0 saturated carbocycles. The molecule has 0 aliphatic carbocycles. The van der Waals surface area contributed by atoms with E-state index in [0.29, 0.717) is 11.6 Å². The average molecular weight is 414 g/mol. The van der Waals surface area contributed by atoms with Gasteiger partial charge in [-0.25, -0.2) is 4.68 Å². The Bertz CT molecular complexity index is 1010. The second kappa shape index (κ2) is 7.59. The normalized spacial score (nSPS) is 25.8. The van der Waals surface area contributed by atoms with Crippen molar-refractivity contribution >= 4 is 17.2 Å². The topological polar surface area (TPSA) is 124 Å². The first-order valence-corrected chi connectivity index (χ1v) is 10.00. The molecule has 29 heavy (non-hydrogen) atoms. The number of nitrogens with one attached hydrogen (secondary N) is 1. The summed E-state index contributed by atoms with van der Waals surface area (Å²) >= 11 is 1.42. The molecule has 2 aliphatic heterocycles. The van der Waals surface area contributed by atoms with Crippen LogP contribution >= 0.6 is 11.3 Å². The van der Waals surface area contributed by atoms with Gasteiger partial charge in [-0.1, -0.05) is 46.9 Å². The van der Waals surface area contributed by atoms with E-state index < -0.39 is 6.10 Å². The Kier molecular flexibility index (Phi) is 4.79. The van der Waals surface area contributed by atoms with Crippen molar-refractivity contribution in [1.82, 2.24) is 30.5 Å². The first kappa shape index (κ1) is 18.3. The summed E-state index contributed by atoms with van der Waals surface area (Å²) in [6.45, 7) is 0.841. The number of carbonyl (C=O) groups excluding carboxylic acids is 1. The highest BCUT2D eigenvalue weighted by molar-refractivity contribution is 7.14. The lowest BCUT2D eigenvalue weighted by atomic mass is 10.1. The van der Waals surface area contributed by atoms with Gasteiger partial charge in [-0.15, -0.1) is 15.3 Å². The van der Waals surface area contributed by atoms with Gasteiger partial charge in [0, 0.05) is 5.56 Å². The molecule has 1 amide bonds. The number of aliphatic hydroxyl groups is 1. The molecule has 2 saturated heterocycles. The van der Waals surface area contributed by atoms with E-state index in [1.165, 1.54) is 11.3 Å². The predicted octanol–water partition coefficient (Wildman–Crippen LogP) is 0.426. The van der Waals surface area contributed by atoms with Crippen LogP contribution in [0.3, 0.4) is 0 Å². The van der Waals surface area contributed by atoms with Gasteiger partial charge in [0.05, 0.1) is 26.0 Å². The Labute approximate surface area is 169 Å². The molecular weight excluding hydrogens is 396 g/mol. The van der Waals surface area contributed by atoms with Crippen molar-refractivity contribution in [1.29, 1.82) is 0 Å². The van der Waals surface area contributed by atoms with Gasteiger partial charge in [-0.3, -0.25) is 4.79 Å². The fourth-order valence-corrected chi connectivity index (χ4v) is 4.28. The quantitative estimate of drug-likeness (QED) is 0.616. The molecule has 0 bridgehead atoms. The summed E-state index contributed by atoms with van der Waals surface area (Å²) < 4.78 is 12.7. The second-order valence-electron chi connectivity index (χ2n) is 6.86. The Balaban J connectivity index is 1.21. The van der Waals surface area contributed by atoms with Gasteiger partial charge >= 0.3 is 0 Å². The first-order valence-electron chi connectivity index (χ1n) is 9.18. The van der Waals surface area contributed by atoms with Crippen molar-refractivity contribution in [3.8, 4) is 10.6 Å². The molecule has 4 heterocycles. The molecule has 2 N–H and O–H groups in total. The summed E-state index contributed by atoms with van der Waals surface area (Å²) in [5.74, 6) is -0.351. The minimum Gasteiger partial charge on any atom is -0.388 e. The first-order chi connectivity index (χ1) is 14.2. The van der Waals surface area contributed by atoms with Crippen LogP contribution in [0.2, 0.25) is 0 Å². The minimum atomic E-state index is -0.635. The summed E-state index contributed by atoms with van der Waals surface area (Å²) in [7, 11) is 0. The largest absolute Gasteiger partial charge is 0.388 e. The zero-order valence-corrected chi connectivity index (χ0v) is 16.0. The number of carbonyl (C=O) groups is 1. The highest BCUT2D eigenvalue weighted by Crippen LogP contribution is 2.33. The number of ether oxygens (including phenoxy) is 2. The Morgan fingerprint density at radius 2 is 2.00 bits per heavy atom. The molecule has 2 aliphatic rings. The van der Waals surface area contributed by atoms with Crippen molar-refractivity contribution in [2.24, 2.45) is 0 Å². The van der Waals surface area contributed by atoms with Crippen LogP contribution in [0, 0.1) is 0 Å². The summed E-state index contributed by atoms with van der Waals surface area (Å²) in [6, 6.07) is 9.53. The molecule has 1 aromatic carbocycles. The average Bonchev–Trinajstić information content (AvgIpc) is 3.52. The predicted molar refractivity (Wildman–Crippen MR) is 101 cm³/mol. The molecule has 4 atom stereocenters. The fourth-order valence-electron chi connectivity index (χ4n) is 3.50. The maximum Gasteiger partial charge on any atom is 0.273 e. The maximum atomic E-state index is 12.4. The maximum absolute atomic E-state index is 12.4. The fraction of sp³-hybridized carbons (Fsp3) is 0.389. The number of rotatable bonds is 5. The Morgan fingerprint density at radius 1 is 1.17 bits per heavy atom. The zero-order chi connectivity index (χ0) is 19.8. The standard InChI is InChI=1S/C18H18N6O4S/c25-13-9-28-15-12(8-27-16(13)15)24-7-11(20-23-24)17(26)19-6-14-21-22-18(29-14)10-4-2-1-3-5-10/h1-5,7,12-13,15-16,25H,6,8-9H2,(H,19,26)/t12-,13+,15+,16+/m0/s1. The van der Waals surface area contributed by atoms with Gasteiger partial charge < -0.3 is 19.9 Å². The van der Waals surface area contributed by atoms with Crippen LogP contribution in [0.25, 0.3) is 10.6 Å². The summed E-state index contributed by atoms with van der Waals surface area (Å²) in [6.07, 6.45) is 0.275. The van der Waals surface area contributed by atoms with Crippen LogP contribution in [-0.2, 0) is 16.0 Å². The van der Waals surface area contributed by atoms with Crippen molar-refractivity contribution in [2.75, 3.05) is 13.2 Å². The van der Waals surface area contributed by atoms with Crippen molar-refractivity contribution in [2.45, 2.75) is 30.9 Å². The van der Waals surface area contributed by atoms with Gasteiger partial charge in [0.1, 0.15) is 34.4 Å². The van der Waals surface area contributed by atoms with E-state index in [0.717, 1.165) is 10.6 Å². The van der Waals surface area contributed by atoms with Crippen molar-refractivity contribution in [3.63, 3.8) is 0 Å². The number of benzene rings is 1. The van der Waals surface area contributed by atoms with Crippen LogP contribution in [0.1, 0.15) is 21.5 Å². The van der Waals surface area contributed by atoms with Crippen LogP contribution in [0.5, 0.6) is 0 Å². The molecule has 5 rings (SSSR count). The summed E-state index contributed by atoms with van der Waals surface area (Å²) in [5.41, 5.74) is 1.18. The Hall–Kier alpha value is -2.73. The van der Waals surface area contributed by atoms with E-state index in [-0.39, 0.29) is 43.0 Å². The highest BCUT2D eigenvalue weighted by atomic mass is 32.1. The van der Waals surface area contributed by atoms with E-state index >= 15 is 0 Å². The minimum absolute atomic E-state index is 0.194. The van der Waals surface area contributed by atoms with Crippen molar-refractivity contribution in [3.05, 3.63) is 47.2 Å². The lowest BCUT2D eigenvalue weighted by Gasteiger charge is -2.14. The molecule has 150 valence electrons. The third-order valence-electron chi connectivity index (χ3n) is 4.97. The van der Waals surface area contributed by atoms with E-state index in [1.54, 1.807) is 10.9 Å². The highest BCUT2D eigenvalue weighted by Gasteiger charge is 2.48. The summed E-state index contributed by atoms with van der Waals surface area (Å²) in [5, 5.41) is 30.4. The molecule has 2 aromatic heterocycles. The SMILES string of the molecule is O=C(NCc1nnc(-c2ccccc2)s1)c1cn([C@H]2CO[C@H]3[C@@H]2OC[C@H]3O)nn1. The number of aliphatic hydroxyl groups excluding tert-OH is 1. The van der Waals surface area contributed by atoms with E-state index in [1.807, 2.05) is 30.3 Å². The smallest absolute Gasteiger partial charge is 0.273 e. The second-order valence-corrected chi connectivity index (χ2v) is 7.93.